The van der Waals surface area contributed by atoms with Crippen molar-refractivity contribution in [2.75, 3.05) is 13.2 Å². The molecule has 2 rings (SSSR count). The average molecular weight is 219 g/mol. The van der Waals surface area contributed by atoms with E-state index in [0.29, 0.717) is 19.4 Å². The second kappa shape index (κ2) is 3.98. The molecule has 1 N–H and O–H groups in total. The van der Waals surface area contributed by atoms with Crippen molar-refractivity contribution in [2.45, 2.75) is 56.6 Å². The van der Waals surface area contributed by atoms with E-state index in [9.17, 15) is 8.78 Å². The van der Waals surface area contributed by atoms with Gasteiger partial charge < -0.3 is 10.1 Å². The number of rotatable bonds is 1. The summed E-state index contributed by atoms with van der Waals surface area (Å²) in [4.78, 5) is 0. The van der Waals surface area contributed by atoms with Gasteiger partial charge in [-0.15, -0.1) is 0 Å². The summed E-state index contributed by atoms with van der Waals surface area (Å²) in [5, 5.41) is 3.39. The molecule has 1 saturated carbocycles. The van der Waals surface area contributed by atoms with Crippen molar-refractivity contribution in [3.8, 4) is 0 Å². The molecular weight excluding hydrogens is 200 g/mol. The predicted molar refractivity (Wildman–Crippen MR) is 54.2 cm³/mol. The van der Waals surface area contributed by atoms with Crippen LogP contribution >= 0.6 is 0 Å². The molecule has 4 heteroatoms. The molecule has 1 saturated heterocycles. The summed E-state index contributed by atoms with van der Waals surface area (Å²) in [6.45, 7) is 3.58. The van der Waals surface area contributed by atoms with Crippen LogP contribution in [0, 0.1) is 0 Å². The van der Waals surface area contributed by atoms with Crippen LogP contribution in [0.25, 0.3) is 0 Å². The molecule has 0 amide bonds. The topological polar surface area (TPSA) is 21.3 Å². The monoisotopic (exact) mass is 219 g/mol. The van der Waals surface area contributed by atoms with Gasteiger partial charge in [-0.25, -0.2) is 8.78 Å². The first-order chi connectivity index (χ1) is 7.08. The van der Waals surface area contributed by atoms with Crippen LogP contribution < -0.4 is 5.32 Å². The second-order valence-electron chi connectivity index (χ2n) is 4.68. The Morgan fingerprint density at radius 1 is 1.27 bits per heavy atom. The Bertz CT molecular complexity index is 223. The van der Waals surface area contributed by atoms with E-state index in [0.717, 1.165) is 13.0 Å². The highest BCUT2D eigenvalue weighted by Gasteiger charge is 2.48. The van der Waals surface area contributed by atoms with Gasteiger partial charge in [0.15, 0.2) is 0 Å². The minimum atomic E-state index is -2.47. The lowest BCUT2D eigenvalue weighted by Crippen LogP contribution is -2.59. The van der Waals surface area contributed by atoms with Crippen LogP contribution in [0.1, 0.15) is 39.0 Å². The van der Waals surface area contributed by atoms with Crippen LogP contribution in [0.5, 0.6) is 0 Å². The zero-order chi connectivity index (χ0) is 10.9. The van der Waals surface area contributed by atoms with Gasteiger partial charge in [0.25, 0.3) is 0 Å². The van der Waals surface area contributed by atoms with Crippen LogP contribution in [0.4, 0.5) is 8.78 Å². The normalized spacial score (nSPS) is 34.2. The standard InChI is InChI=1S/C11H19F2NO/c1-2-9-10(15-8-7-14-9)3-5-11(12,13)6-4-10/h9,14H,2-8H2,1H3. The second-order valence-corrected chi connectivity index (χ2v) is 4.68. The Balaban J connectivity index is 2.05. The molecule has 1 aliphatic heterocycles. The zero-order valence-corrected chi connectivity index (χ0v) is 9.19. The molecule has 0 aromatic carbocycles. The van der Waals surface area contributed by atoms with Gasteiger partial charge in [0, 0.05) is 25.4 Å². The number of halogens is 2. The molecule has 2 fully saturated rings. The fraction of sp³-hybridized carbons (Fsp3) is 1.00. The van der Waals surface area contributed by atoms with Gasteiger partial charge in [0.2, 0.25) is 5.92 Å². The van der Waals surface area contributed by atoms with Crippen molar-refractivity contribution in [1.82, 2.24) is 5.32 Å². The maximum atomic E-state index is 13.1. The number of alkyl halides is 2. The molecule has 0 aromatic heterocycles. The molecule has 1 aliphatic carbocycles. The van der Waals surface area contributed by atoms with E-state index in [1.807, 2.05) is 0 Å². The number of nitrogens with one attached hydrogen (secondary N) is 1. The summed E-state index contributed by atoms with van der Waals surface area (Å²) < 4.78 is 32.0. The molecule has 1 atom stereocenters. The van der Waals surface area contributed by atoms with E-state index in [2.05, 4.69) is 12.2 Å². The van der Waals surface area contributed by atoms with E-state index < -0.39 is 5.92 Å². The number of hydrogen-bond acceptors (Lipinski definition) is 2. The van der Waals surface area contributed by atoms with Crippen molar-refractivity contribution in [3.05, 3.63) is 0 Å². The number of ether oxygens (including phenoxy) is 1. The maximum absolute atomic E-state index is 13.1. The fourth-order valence-electron chi connectivity index (χ4n) is 2.82. The van der Waals surface area contributed by atoms with Crippen molar-refractivity contribution >= 4 is 0 Å². The predicted octanol–water partition coefficient (Wildman–Crippen LogP) is 2.33. The molecule has 1 heterocycles. The molecule has 2 aliphatic rings. The maximum Gasteiger partial charge on any atom is 0.248 e. The van der Waals surface area contributed by atoms with E-state index in [-0.39, 0.29) is 24.5 Å². The minimum absolute atomic E-state index is 0.0226. The van der Waals surface area contributed by atoms with Crippen LogP contribution in [-0.4, -0.2) is 30.7 Å². The average Bonchev–Trinajstić information content (AvgIpc) is 2.24. The highest BCUT2D eigenvalue weighted by atomic mass is 19.3. The first-order valence-electron chi connectivity index (χ1n) is 5.83. The third kappa shape index (κ3) is 2.16. The lowest BCUT2D eigenvalue weighted by Gasteiger charge is -2.48. The molecule has 1 spiro atoms. The van der Waals surface area contributed by atoms with E-state index in [1.54, 1.807) is 0 Å². The van der Waals surface area contributed by atoms with Gasteiger partial charge in [-0.05, 0) is 19.3 Å². The molecular formula is C11H19F2NO. The fourth-order valence-corrected chi connectivity index (χ4v) is 2.82. The Kier molecular flexibility index (Phi) is 2.99. The summed E-state index contributed by atoms with van der Waals surface area (Å²) in [5.74, 6) is -2.47. The Labute approximate surface area is 89.4 Å². The van der Waals surface area contributed by atoms with Crippen LogP contribution in [0.15, 0.2) is 0 Å². The van der Waals surface area contributed by atoms with Gasteiger partial charge in [-0.2, -0.15) is 0 Å². The van der Waals surface area contributed by atoms with Gasteiger partial charge in [-0.3, -0.25) is 0 Å². The molecule has 0 bridgehead atoms. The molecule has 0 aromatic rings. The Morgan fingerprint density at radius 3 is 2.53 bits per heavy atom. The SMILES string of the molecule is CCC1NCCOC12CCC(F)(F)CC2. The number of hydrogen-bond donors (Lipinski definition) is 1. The first kappa shape index (κ1) is 11.3. The van der Waals surface area contributed by atoms with Crippen molar-refractivity contribution in [1.29, 1.82) is 0 Å². The quantitative estimate of drug-likeness (QED) is 0.731. The van der Waals surface area contributed by atoms with E-state index in [1.165, 1.54) is 0 Å². The van der Waals surface area contributed by atoms with Crippen molar-refractivity contribution < 1.29 is 13.5 Å². The summed E-state index contributed by atoms with van der Waals surface area (Å²) in [5.41, 5.74) is -0.311. The van der Waals surface area contributed by atoms with Crippen LogP contribution in [-0.2, 0) is 4.74 Å². The summed E-state index contributed by atoms with van der Waals surface area (Å²) in [7, 11) is 0. The summed E-state index contributed by atoms with van der Waals surface area (Å²) in [6, 6.07) is 0.252. The lowest BCUT2D eigenvalue weighted by molar-refractivity contribution is -0.161. The Hall–Kier alpha value is -0.220. The highest BCUT2D eigenvalue weighted by molar-refractivity contribution is 5.00. The lowest BCUT2D eigenvalue weighted by atomic mass is 9.76. The summed E-state index contributed by atoms with van der Waals surface area (Å²) in [6.07, 6.45) is 1.89. The molecule has 88 valence electrons. The third-order valence-corrected chi connectivity index (χ3v) is 3.75. The van der Waals surface area contributed by atoms with E-state index >= 15 is 0 Å². The molecule has 15 heavy (non-hydrogen) atoms. The van der Waals surface area contributed by atoms with Gasteiger partial charge in [-0.1, -0.05) is 6.92 Å². The number of morpholine rings is 1. The smallest absolute Gasteiger partial charge is 0.248 e. The van der Waals surface area contributed by atoms with Crippen molar-refractivity contribution in [2.24, 2.45) is 0 Å². The van der Waals surface area contributed by atoms with E-state index in [4.69, 9.17) is 4.74 Å². The first-order valence-corrected chi connectivity index (χ1v) is 5.83. The molecule has 2 nitrogen and oxygen atoms in total. The largest absolute Gasteiger partial charge is 0.372 e. The highest BCUT2D eigenvalue weighted by Crippen LogP contribution is 2.43. The van der Waals surface area contributed by atoms with Gasteiger partial charge >= 0.3 is 0 Å². The zero-order valence-electron chi connectivity index (χ0n) is 9.19. The van der Waals surface area contributed by atoms with Crippen LogP contribution in [0.2, 0.25) is 0 Å². The third-order valence-electron chi connectivity index (χ3n) is 3.75. The van der Waals surface area contributed by atoms with Gasteiger partial charge in [0.05, 0.1) is 12.2 Å². The minimum Gasteiger partial charge on any atom is -0.372 e. The summed E-state index contributed by atoms with van der Waals surface area (Å²) >= 11 is 0. The molecule has 0 radical (unpaired) electrons. The molecule has 1 unspecified atom stereocenters. The van der Waals surface area contributed by atoms with Crippen molar-refractivity contribution in [3.63, 3.8) is 0 Å². The van der Waals surface area contributed by atoms with Gasteiger partial charge in [0.1, 0.15) is 0 Å². The Morgan fingerprint density at radius 2 is 1.93 bits per heavy atom. The van der Waals surface area contributed by atoms with Crippen LogP contribution in [0.3, 0.4) is 0 Å².